The van der Waals surface area contributed by atoms with E-state index in [0.717, 1.165) is 51.6 Å². The van der Waals surface area contributed by atoms with Crippen molar-refractivity contribution in [3.8, 4) is 0 Å². The molecule has 1 atom stereocenters. The number of aliphatic hydroxyl groups excluding tert-OH is 1. The number of guanidine groups is 1. The summed E-state index contributed by atoms with van der Waals surface area (Å²) in [4.78, 5) is 8.94. The Bertz CT molecular complexity index is 523. The van der Waals surface area contributed by atoms with E-state index < -0.39 is 0 Å². The molecule has 0 spiro atoms. The first kappa shape index (κ1) is 17.5. The molecule has 0 bridgehead atoms. The fourth-order valence-corrected chi connectivity index (χ4v) is 2.98. The number of nitrogens with zero attached hydrogens (tertiary/aromatic N) is 3. The summed E-state index contributed by atoms with van der Waals surface area (Å²) in [6.45, 7) is 5.37. The van der Waals surface area contributed by atoms with Gasteiger partial charge >= 0.3 is 0 Å². The van der Waals surface area contributed by atoms with Crippen molar-refractivity contribution in [3.05, 3.63) is 35.4 Å². The lowest BCUT2D eigenvalue weighted by atomic mass is 10.1. The van der Waals surface area contributed by atoms with Crippen LogP contribution < -0.4 is 5.32 Å². The van der Waals surface area contributed by atoms with Crippen LogP contribution in [0, 0.1) is 0 Å². The molecule has 22 heavy (non-hydrogen) atoms. The van der Waals surface area contributed by atoms with Crippen molar-refractivity contribution in [3.63, 3.8) is 0 Å². The highest BCUT2D eigenvalue weighted by molar-refractivity contribution is 14.0. The summed E-state index contributed by atoms with van der Waals surface area (Å²) in [7, 11) is 2.07. The van der Waals surface area contributed by atoms with E-state index >= 15 is 0 Å². The minimum atomic E-state index is -0.156. The maximum atomic E-state index is 9.65. The number of nitrogens with one attached hydrogen (secondary N) is 1. The van der Waals surface area contributed by atoms with Crippen molar-refractivity contribution in [2.75, 3.05) is 33.2 Å². The number of hydrogen-bond donors (Lipinski definition) is 2. The second kappa shape index (κ2) is 8.12. The molecule has 3 rings (SSSR count). The first-order valence-electron chi connectivity index (χ1n) is 7.69. The van der Waals surface area contributed by atoms with Crippen molar-refractivity contribution in [1.82, 2.24) is 15.1 Å². The molecular formula is C16H25IN4O. The van der Waals surface area contributed by atoms with Gasteiger partial charge in [0.25, 0.3) is 0 Å². The number of benzene rings is 1. The monoisotopic (exact) mass is 416 g/mol. The molecule has 2 aliphatic rings. The fraction of sp³-hybridized carbons (Fsp3) is 0.562. The van der Waals surface area contributed by atoms with Gasteiger partial charge in [-0.1, -0.05) is 24.3 Å². The maximum absolute atomic E-state index is 9.65. The molecule has 1 aromatic carbocycles. The highest BCUT2D eigenvalue weighted by Gasteiger charge is 2.20. The number of aliphatic hydroxyl groups is 1. The summed E-state index contributed by atoms with van der Waals surface area (Å²) in [5.41, 5.74) is 2.64. The summed E-state index contributed by atoms with van der Waals surface area (Å²) in [5.74, 6) is 0.987. The van der Waals surface area contributed by atoms with E-state index in [1.807, 2.05) is 0 Å². The minimum absolute atomic E-state index is 0. The van der Waals surface area contributed by atoms with Crippen molar-refractivity contribution < 1.29 is 5.11 Å². The van der Waals surface area contributed by atoms with E-state index in [1.165, 1.54) is 11.1 Å². The van der Waals surface area contributed by atoms with Gasteiger partial charge in [-0.15, -0.1) is 24.0 Å². The van der Waals surface area contributed by atoms with Crippen LogP contribution in [0.15, 0.2) is 29.3 Å². The lowest BCUT2D eigenvalue weighted by Crippen LogP contribution is -2.35. The van der Waals surface area contributed by atoms with Crippen LogP contribution in [-0.4, -0.2) is 60.2 Å². The third-order valence-electron chi connectivity index (χ3n) is 4.26. The van der Waals surface area contributed by atoms with Crippen molar-refractivity contribution in [2.45, 2.75) is 25.6 Å². The van der Waals surface area contributed by atoms with Gasteiger partial charge in [0.1, 0.15) is 0 Å². The van der Waals surface area contributed by atoms with Gasteiger partial charge in [-0.25, -0.2) is 0 Å². The summed E-state index contributed by atoms with van der Waals surface area (Å²) in [5, 5.41) is 13.1. The molecule has 0 amide bonds. The average molecular weight is 416 g/mol. The first-order chi connectivity index (χ1) is 10.2. The molecule has 1 unspecified atom stereocenters. The lowest BCUT2D eigenvalue weighted by molar-refractivity contribution is 0.174. The second-order valence-corrected chi connectivity index (χ2v) is 5.93. The number of halogens is 1. The van der Waals surface area contributed by atoms with E-state index in [1.54, 1.807) is 0 Å². The fourth-order valence-electron chi connectivity index (χ4n) is 2.98. The molecule has 2 N–H and O–H groups in total. The zero-order chi connectivity index (χ0) is 14.7. The van der Waals surface area contributed by atoms with Gasteiger partial charge in [0, 0.05) is 39.8 Å². The third-order valence-corrected chi connectivity index (χ3v) is 4.26. The maximum Gasteiger partial charge on any atom is 0.194 e. The predicted octanol–water partition coefficient (Wildman–Crippen LogP) is 1.26. The molecule has 6 heteroatoms. The van der Waals surface area contributed by atoms with E-state index in [4.69, 9.17) is 0 Å². The standard InChI is InChI=1S/C16H24N4O.HI/c1-19-9-7-17-16(19)18-10-13-4-2-3-5-14(13)11-20-8-6-15(21)12-20;/h2-5,15,21H,6-12H2,1H3,(H,17,18);1H. The Morgan fingerprint density at radius 1 is 1.27 bits per heavy atom. The number of rotatable bonds is 4. The molecule has 1 aromatic rings. The summed E-state index contributed by atoms with van der Waals surface area (Å²) in [6.07, 6.45) is 0.735. The van der Waals surface area contributed by atoms with Crippen molar-refractivity contribution in [1.29, 1.82) is 0 Å². The van der Waals surface area contributed by atoms with E-state index in [9.17, 15) is 5.11 Å². The topological polar surface area (TPSA) is 51.1 Å². The molecule has 122 valence electrons. The molecule has 0 aromatic heterocycles. The smallest absolute Gasteiger partial charge is 0.194 e. The van der Waals surface area contributed by atoms with Crippen LogP contribution >= 0.6 is 24.0 Å². The Kier molecular flexibility index (Phi) is 6.46. The molecule has 5 nitrogen and oxygen atoms in total. The number of likely N-dealkylation sites (tertiary alicyclic amines) is 1. The van der Waals surface area contributed by atoms with Crippen molar-refractivity contribution in [2.24, 2.45) is 4.99 Å². The van der Waals surface area contributed by atoms with Crippen LogP contribution in [0.1, 0.15) is 17.5 Å². The lowest BCUT2D eigenvalue weighted by Gasteiger charge is -2.19. The van der Waals surface area contributed by atoms with Gasteiger partial charge < -0.3 is 15.3 Å². The van der Waals surface area contributed by atoms with Crippen LogP contribution in [0.2, 0.25) is 0 Å². The predicted molar refractivity (Wildman–Crippen MR) is 99.5 cm³/mol. The zero-order valence-electron chi connectivity index (χ0n) is 13.0. The minimum Gasteiger partial charge on any atom is -0.392 e. The summed E-state index contributed by atoms with van der Waals surface area (Å²) < 4.78 is 0. The van der Waals surface area contributed by atoms with Gasteiger partial charge in [0.05, 0.1) is 12.6 Å². The molecular weight excluding hydrogens is 391 g/mol. The second-order valence-electron chi connectivity index (χ2n) is 5.93. The summed E-state index contributed by atoms with van der Waals surface area (Å²) in [6, 6.07) is 8.52. The number of β-amino-alcohol motifs (C(OH)–C–C–N with tert-alkyl or cyclic N) is 1. The highest BCUT2D eigenvalue weighted by Crippen LogP contribution is 2.16. The molecule has 1 fully saturated rings. The molecule has 0 radical (unpaired) electrons. The first-order valence-corrected chi connectivity index (χ1v) is 7.69. The molecule has 2 heterocycles. The molecule has 2 aliphatic heterocycles. The van der Waals surface area contributed by atoms with Crippen LogP contribution in [0.25, 0.3) is 0 Å². The van der Waals surface area contributed by atoms with Crippen molar-refractivity contribution >= 4 is 29.9 Å². The molecule has 1 saturated heterocycles. The van der Waals surface area contributed by atoms with Gasteiger partial charge in [-0.2, -0.15) is 0 Å². The molecule has 0 saturated carbocycles. The molecule has 0 aliphatic carbocycles. The Balaban J connectivity index is 0.00000176. The Hall–Kier alpha value is -0.860. The number of hydrogen-bond acceptors (Lipinski definition) is 5. The summed E-state index contributed by atoms with van der Waals surface area (Å²) >= 11 is 0. The van der Waals surface area contributed by atoms with E-state index in [-0.39, 0.29) is 30.1 Å². The largest absolute Gasteiger partial charge is 0.392 e. The Morgan fingerprint density at radius 3 is 2.68 bits per heavy atom. The van der Waals surface area contributed by atoms with Gasteiger partial charge in [-0.3, -0.25) is 9.89 Å². The van der Waals surface area contributed by atoms with Gasteiger partial charge in [-0.05, 0) is 17.5 Å². The Labute approximate surface area is 149 Å². The van der Waals surface area contributed by atoms with Crippen LogP contribution in [0.3, 0.4) is 0 Å². The van der Waals surface area contributed by atoms with Gasteiger partial charge in [0.2, 0.25) is 0 Å². The Morgan fingerprint density at radius 2 is 2.05 bits per heavy atom. The van der Waals surface area contributed by atoms with Crippen LogP contribution in [0.5, 0.6) is 0 Å². The van der Waals surface area contributed by atoms with Crippen LogP contribution in [0.4, 0.5) is 0 Å². The SMILES string of the molecule is CN1CCN=C1NCc1ccccc1CN1CCC(O)C1.I. The van der Waals surface area contributed by atoms with Gasteiger partial charge in [0.15, 0.2) is 5.96 Å². The highest BCUT2D eigenvalue weighted by atomic mass is 127. The quantitative estimate of drug-likeness (QED) is 0.726. The number of likely N-dealkylation sites (N-methyl/N-ethyl adjacent to an activating group) is 1. The number of aliphatic imine (C=N–C) groups is 1. The third kappa shape index (κ3) is 4.33. The van der Waals surface area contributed by atoms with E-state index in [2.05, 4.69) is 51.4 Å². The normalized spacial score (nSPS) is 21.6. The van der Waals surface area contributed by atoms with Crippen LogP contribution in [-0.2, 0) is 13.1 Å². The average Bonchev–Trinajstić information content (AvgIpc) is 3.07. The zero-order valence-corrected chi connectivity index (χ0v) is 15.4. The van der Waals surface area contributed by atoms with E-state index in [0.29, 0.717) is 0 Å².